The van der Waals surface area contributed by atoms with Gasteiger partial charge < -0.3 is 10.8 Å². The molecule has 16 heavy (non-hydrogen) atoms. The fourth-order valence-electron chi connectivity index (χ4n) is 1.36. The minimum atomic E-state index is -3.64. The van der Waals surface area contributed by atoms with Crippen LogP contribution >= 0.6 is 0 Å². The van der Waals surface area contributed by atoms with Crippen LogP contribution in [-0.4, -0.2) is 17.8 Å². The van der Waals surface area contributed by atoms with Crippen LogP contribution in [0.1, 0.15) is 5.56 Å². The summed E-state index contributed by atoms with van der Waals surface area (Å²) in [7, 11) is -3.64. The molecule has 0 bridgehead atoms. The van der Waals surface area contributed by atoms with Gasteiger partial charge in [-0.15, -0.1) is 0 Å². The van der Waals surface area contributed by atoms with E-state index in [9.17, 15) is 8.42 Å². The fourth-order valence-corrected chi connectivity index (χ4v) is 2.35. The van der Waals surface area contributed by atoms with Crippen LogP contribution in [0.4, 0.5) is 5.69 Å². The largest absolute Gasteiger partial charge is 0.493 e. The van der Waals surface area contributed by atoms with Crippen LogP contribution in [0, 0.1) is 0 Å². The molecule has 1 aromatic carbocycles. The predicted octanol–water partition coefficient (Wildman–Crippen LogP) is 0.276. The zero-order chi connectivity index (χ0) is 11.8. The van der Waals surface area contributed by atoms with E-state index in [1.54, 1.807) is 24.3 Å². The Bertz CT molecular complexity index is 521. The number of aliphatic hydroxyl groups excluding tert-OH is 1. The first-order chi connectivity index (χ1) is 7.47. The standard InChI is InChI=1S/C9H11N3O3S/c10-8-3-1-7(2-4-8)5-12-6-9(13)11-16(12,14)15/h1-4,6,11,13H,5,10H2. The number of aliphatic hydroxyl groups is 1. The summed E-state index contributed by atoms with van der Waals surface area (Å²) in [5, 5.41) is 9.07. The van der Waals surface area contributed by atoms with Gasteiger partial charge >= 0.3 is 10.2 Å². The first-order valence-corrected chi connectivity index (χ1v) is 5.96. The van der Waals surface area contributed by atoms with Crippen molar-refractivity contribution in [1.82, 2.24) is 9.03 Å². The number of hydrogen-bond donors (Lipinski definition) is 3. The zero-order valence-electron chi connectivity index (χ0n) is 8.29. The Kier molecular flexibility index (Phi) is 2.39. The Morgan fingerprint density at radius 2 is 1.94 bits per heavy atom. The van der Waals surface area contributed by atoms with Crippen LogP contribution in [-0.2, 0) is 16.8 Å². The second kappa shape index (κ2) is 3.60. The molecule has 1 aliphatic rings. The monoisotopic (exact) mass is 241 g/mol. The number of benzene rings is 1. The summed E-state index contributed by atoms with van der Waals surface area (Å²) in [6, 6.07) is 6.84. The van der Waals surface area contributed by atoms with Crippen molar-refractivity contribution in [2.45, 2.75) is 6.54 Å². The Morgan fingerprint density at radius 3 is 2.44 bits per heavy atom. The molecule has 1 heterocycles. The first-order valence-electron chi connectivity index (χ1n) is 4.52. The van der Waals surface area contributed by atoms with Crippen molar-refractivity contribution in [2.75, 3.05) is 5.73 Å². The van der Waals surface area contributed by atoms with Crippen LogP contribution in [0.2, 0.25) is 0 Å². The van der Waals surface area contributed by atoms with Gasteiger partial charge in [-0.3, -0.25) is 4.31 Å². The Balaban J connectivity index is 2.19. The second-order valence-electron chi connectivity index (χ2n) is 3.41. The second-order valence-corrected chi connectivity index (χ2v) is 5.03. The van der Waals surface area contributed by atoms with E-state index in [1.807, 2.05) is 4.72 Å². The summed E-state index contributed by atoms with van der Waals surface area (Å²) in [5.74, 6) is -0.379. The number of nitrogen functional groups attached to an aromatic ring is 1. The molecule has 7 heteroatoms. The molecule has 2 rings (SSSR count). The van der Waals surface area contributed by atoms with Crippen molar-refractivity contribution in [1.29, 1.82) is 0 Å². The third-order valence-corrected chi connectivity index (χ3v) is 3.45. The third kappa shape index (κ3) is 2.03. The van der Waals surface area contributed by atoms with Gasteiger partial charge in [-0.2, -0.15) is 8.42 Å². The van der Waals surface area contributed by atoms with Crippen LogP contribution < -0.4 is 10.5 Å². The lowest BCUT2D eigenvalue weighted by atomic mass is 10.2. The highest BCUT2D eigenvalue weighted by Gasteiger charge is 2.26. The number of anilines is 1. The highest BCUT2D eigenvalue weighted by molar-refractivity contribution is 7.87. The number of nitrogens with one attached hydrogen (secondary N) is 1. The van der Waals surface area contributed by atoms with E-state index in [2.05, 4.69) is 0 Å². The van der Waals surface area contributed by atoms with E-state index in [1.165, 1.54) is 0 Å². The van der Waals surface area contributed by atoms with Gasteiger partial charge in [-0.25, -0.2) is 4.72 Å². The van der Waals surface area contributed by atoms with E-state index in [0.717, 1.165) is 16.1 Å². The summed E-state index contributed by atoms with van der Waals surface area (Å²) in [6.07, 6.45) is 1.13. The maximum Gasteiger partial charge on any atom is 0.326 e. The molecule has 0 unspecified atom stereocenters. The average molecular weight is 241 g/mol. The lowest BCUT2D eigenvalue weighted by Crippen LogP contribution is -2.29. The van der Waals surface area contributed by atoms with Gasteiger partial charge in [0.05, 0.1) is 12.7 Å². The van der Waals surface area contributed by atoms with Gasteiger partial charge in [-0.05, 0) is 17.7 Å². The molecule has 0 fully saturated rings. The van der Waals surface area contributed by atoms with Crippen molar-refractivity contribution in [3.63, 3.8) is 0 Å². The molecular formula is C9H11N3O3S. The van der Waals surface area contributed by atoms with Gasteiger partial charge in [0.25, 0.3) is 0 Å². The molecule has 0 radical (unpaired) electrons. The summed E-state index contributed by atoms with van der Waals surface area (Å²) in [5.41, 5.74) is 6.91. The van der Waals surface area contributed by atoms with Gasteiger partial charge in [0.15, 0.2) is 0 Å². The molecule has 0 aliphatic carbocycles. The molecule has 86 valence electrons. The van der Waals surface area contributed by atoms with Crippen molar-refractivity contribution in [3.8, 4) is 0 Å². The van der Waals surface area contributed by atoms with Crippen molar-refractivity contribution in [3.05, 3.63) is 41.9 Å². The number of nitrogens with zero attached hydrogens (tertiary/aromatic N) is 1. The lowest BCUT2D eigenvalue weighted by molar-refractivity contribution is 0.390. The summed E-state index contributed by atoms with van der Waals surface area (Å²) >= 11 is 0. The van der Waals surface area contributed by atoms with E-state index in [-0.39, 0.29) is 12.4 Å². The number of rotatable bonds is 2. The smallest absolute Gasteiger partial charge is 0.326 e. The topological polar surface area (TPSA) is 95.7 Å². The molecule has 0 aromatic heterocycles. The van der Waals surface area contributed by atoms with Gasteiger partial charge in [-0.1, -0.05) is 12.1 Å². The Hall–Kier alpha value is -1.89. The molecule has 0 amide bonds. The molecule has 0 atom stereocenters. The average Bonchev–Trinajstić information content (AvgIpc) is 2.43. The Labute approximate surface area is 93.2 Å². The van der Waals surface area contributed by atoms with E-state index < -0.39 is 10.2 Å². The SMILES string of the molecule is Nc1ccc(CN2C=C(O)NS2(=O)=O)cc1. The summed E-state index contributed by atoms with van der Waals surface area (Å²) in [4.78, 5) is 0. The van der Waals surface area contributed by atoms with Crippen LogP contribution in [0.5, 0.6) is 0 Å². The van der Waals surface area contributed by atoms with Crippen molar-refractivity contribution < 1.29 is 13.5 Å². The zero-order valence-corrected chi connectivity index (χ0v) is 9.11. The number of hydrogen-bond acceptors (Lipinski definition) is 4. The van der Waals surface area contributed by atoms with Crippen LogP contribution in [0.25, 0.3) is 0 Å². The minimum Gasteiger partial charge on any atom is -0.493 e. The molecule has 6 nitrogen and oxygen atoms in total. The van der Waals surface area contributed by atoms with Crippen LogP contribution in [0.3, 0.4) is 0 Å². The van der Waals surface area contributed by atoms with E-state index in [0.29, 0.717) is 5.69 Å². The van der Waals surface area contributed by atoms with Gasteiger partial charge in [0.2, 0.25) is 5.88 Å². The van der Waals surface area contributed by atoms with Crippen LogP contribution in [0.15, 0.2) is 36.3 Å². The molecule has 0 saturated carbocycles. The lowest BCUT2D eigenvalue weighted by Gasteiger charge is -2.13. The minimum absolute atomic E-state index is 0.152. The van der Waals surface area contributed by atoms with E-state index in [4.69, 9.17) is 10.8 Å². The van der Waals surface area contributed by atoms with Gasteiger partial charge in [0, 0.05) is 5.69 Å². The highest BCUT2D eigenvalue weighted by atomic mass is 32.2. The Morgan fingerprint density at radius 1 is 1.31 bits per heavy atom. The van der Waals surface area contributed by atoms with Crippen molar-refractivity contribution in [2.24, 2.45) is 0 Å². The van der Waals surface area contributed by atoms with E-state index >= 15 is 0 Å². The molecule has 0 spiro atoms. The molecular weight excluding hydrogens is 230 g/mol. The summed E-state index contributed by atoms with van der Waals surface area (Å²) in [6.45, 7) is 0.152. The van der Waals surface area contributed by atoms with Crippen molar-refractivity contribution >= 4 is 15.9 Å². The highest BCUT2D eigenvalue weighted by Crippen LogP contribution is 2.16. The normalized spacial score (nSPS) is 18.0. The quantitative estimate of drug-likeness (QED) is 0.648. The molecule has 4 N–H and O–H groups in total. The predicted molar refractivity (Wildman–Crippen MR) is 59.2 cm³/mol. The molecule has 1 aromatic rings. The maximum absolute atomic E-state index is 11.4. The summed E-state index contributed by atoms with van der Waals surface area (Å²) < 4.78 is 25.8. The first kappa shape index (κ1) is 10.6. The molecule has 0 saturated heterocycles. The third-order valence-electron chi connectivity index (χ3n) is 2.13. The fraction of sp³-hybridized carbons (Fsp3) is 0.111. The molecule has 1 aliphatic heterocycles. The maximum atomic E-state index is 11.4. The number of nitrogens with two attached hydrogens (primary N) is 1. The van der Waals surface area contributed by atoms with Gasteiger partial charge in [0.1, 0.15) is 0 Å².